The number of thiophene rings is 1. The molecule has 0 aliphatic heterocycles. The van der Waals surface area contributed by atoms with Crippen LogP contribution in [0.3, 0.4) is 0 Å². The number of para-hydroxylation sites is 1. The maximum atomic E-state index is 12.7. The molecule has 1 aromatic carbocycles. The molecule has 1 unspecified atom stereocenters. The lowest BCUT2D eigenvalue weighted by Gasteiger charge is -2.34. The quantitative estimate of drug-likeness (QED) is 0.850. The van der Waals surface area contributed by atoms with Crippen LogP contribution in [0, 0.1) is 11.3 Å². The average Bonchev–Trinajstić information content (AvgIpc) is 3.02. The van der Waals surface area contributed by atoms with Gasteiger partial charge in [0.25, 0.3) is 5.91 Å². The number of ether oxygens (including phenoxy) is 1. The van der Waals surface area contributed by atoms with Crippen LogP contribution < -0.4 is 10.1 Å². The van der Waals surface area contributed by atoms with Gasteiger partial charge in [0.1, 0.15) is 5.75 Å². The van der Waals surface area contributed by atoms with Crippen LogP contribution in [0.5, 0.6) is 5.75 Å². The van der Waals surface area contributed by atoms with E-state index >= 15 is 0 Å². The number of methoxy groups -OCH3 is 1. The standard InChI is InChI=1S/C21H27NO2S/c1-21(2,3)15-9-10-16-17(13-25-19(16)11-15)20(23)22-12-14-7-5-6-8-18(14)24-4/h5-8,13,15H,9-12H2,1-4H3,(H,22,23). The second kappa shape index (κ2) is 7.20. The smallest absolute Gasteiger partial charge is 0.252 e. The Hall–Kier alpha value is -1.81. The highest BCUT2D eigenvalue weighted by Crippen LogP contribution is 2.40. The van der Waals surface area contributed by atoms with Gasteiger partial charge in [-0.25, -0.2) is 0 Å². The van der Waals surface area contributed by atoms with Gasteiger partial charge < -0.3 is 10.1 Å². The fourth-order valence-electron chi connectivity index (χ4n) is 3.56. The summed E-state index contributed by atoms with van der Waals surface area (Å²) in [4.78, 5) is 14.1. The number of nitrogens with one attached hydrogen (secondary N) is 1. The van der Waals surface area contributed by atoms with Gasteiger partial charge in [-0.1, -0.05) is 39.0 Å². The first-order valence-electron chi connectivity index (χ1n) is 8.89. The predicted molar refractivity (Wildman–Crippen MR) is 103 cm³/mol. The van der Waals surface area contributed by atoms with E-state index in [4.69, 9.17) is 4.74 Å². The van der Waals surface area contributed by atoms with Crippen molar-refractivity contribution in [2.24, 2.45) is 11.3 Å². The van der Waals surface area contributed by atoms with Gasteiger partial charge in [-0.15, -0.1) is 11.3 Å². The van der Waals surface area contributed by atoms with Crippen molar-refractivity contribution in [1.29, 1.82) is 0 Å². The van der Waals surface area contributed by atoms with E-state index in [0.29, 0.717) is 17.9 Å². The van der Waals surface area contributed by atoms with Crippen LogP contribution in [0.4, 0.5) is 0 Å². The van der Waals surface area contributed by atoms with Crippen molar-refractivity contribution in [3.8, 4) is 5.75 Å². The molecule has 2 aromatic rings. The summed E-state index contributed by atoms with van der Waals surface area (Å²) in [6, 6.07) is 7.80. The van der Waals surface area contributed by atoms with E-state index in [9.17, 15) is 4.79 Å². The zero-order chi connectivity index (χ0) is 18.0. The molecule has 1 atom stereocenters. The summed E-state index contributed by atoms with van der Waals surface area (Å²) in [7, 11) is 1.65. The minimum atomic E-state index is 0.0256. The van der Waals surface area contributed by atoms with Gasteiger partial charge in [0.15, 0.2) is 0 Å². The fourth-order valence-corrected chi connectivity index (χ4v) is 4.72. The molecule has 1 N–H and O–H groups in total. The number of carbonyl (C=O) groups excluding carboxylic acids is 1. The van der Waals surface area contributed by atoms with Crippen molar-refractivity contribution in [2.45, 2.75) is 46.6 Å². The molecular formula is C21H27NO2S. The van der Waals surface area contributed by atoms with E-state index in [1.807, 2.05) is 29.6 Å². The van der Waals surface area contributed by atoms with Crippen LogP contribution in [-0.4, -0.2) is 13.0 Å². The second-order valence-corrected chi connectivity index (χ2v) is 8.82. The molecule has 0 spiro atoms. The third-order valence-corrected chi connectivity index (χ3v) is 6.31. The van der Waals surface area contributed by atoms with Crippen LogP contribution in [0.25, 0.3) is 0 Å². The van der Waals surface area contributed by atoms with Gasteiger partial charge in [-0.05, 0) is 42.2 Å². The molecule has 0 fully saturated rings. The summed E-state index contributed by atoms with van der Waals surface area (Å²) in [5.41, 5.74) is 3.45. The molecule has 1 aliphatic carbocycles. The molecular weight excluding hydrogens is 330 g/mol. The Bertz CT molecular complexity index is 757. The van der Waals surface area contributed by atoms with Crippen molar-refractivity contribution < 1.29 is 9.53 Å². The van der Waals surface area contributed by atoms with Gasteiger partial charge in [0, 0.05) is 22.4 Å². The number of hydrogen-bond acceptors (Lipinski definition) is 3. The van der Waals surface area contributed by atoms with Crippen molar-refractivity contribution >= 4 is 17.2 Å². The Morgan fingerprint density at radius 2 is 2.08 bits per heavy atom. The molecule has 0 saturated heterocycles. The summed E-state index contributed by atoms with van der Waals surface area (Å²) in [5.74, 6) is 1.53. The van der Waals surface area contributed by atoms with Crippen LogP contribution in [0.2, 0.25) is 0 Å². The predicted octanol–water partition coefficient (Wildman–Crippen LogP) is 4.84. The zero-order valence-electron chi connectivity index (χ0n) is 15.5. The van der Waals surface area contributed by atoms with E-state index in [1.165, 1.54) is 16.9 Å². The number of carbonyl (C=O) groups is 1. The zero-order valence-corrected chi connectivity index (χ0v) is 16.3. The molecule has 3 rings (SSSR count). The van der Waals surface area contributed by atoms with E-state index in [2.05, 4.69) is 26.1 Å². The highest BCUT2D eigenvalue weighted by Gasteiger charge is 2.31. The van der Waals surface area contributed by atoms with E-state index < -0.39 is 0 Å². The summed E-state index contributed by atoms with van der Waals surface area (Å²) in [5, 5.41) is 5.09. The number of hydrogen-bond donors (Lipinski definition) is 1. The first kappa shape index (κ1) is 18.0. The second-order valence-electron chi connectivity index (χ2n) is 7.85. The van der Waals surface area contributed by atoms with E-state index in [-0.39, 0.29) is 5.91 Å². The summed E-state index contributed by atoms with van der Waals surface area (Å²) in [6.45, 7) is 7.43. The SMILES string of the molecule is COc1ccccc1CNC(=O)c1csc2c1CCC(C(C)(C)C)C2. The molecule has 1 amide bonds. The highest BCUT2D eigenvalue weighted by atomic mass is 32.1. The maximum absolute atomic E-state index is 12.7. The molecule has 1 heterocycles. The van der Waals surface area contributed by atoms with Gasteiger partial charge in [-0.2, -0.15) is 0 Å². The van der Waals surface area contributed by atoms with Gasteiger partial charge in [-0.3, -0.25) is 4.79 Å². The lowest BCUT2D eigenvalue weighted by atomic mass is 9.72. The van der Waals surface area contributed by atoms with Crippen LogP contribution >= 0.6 is 11.3 Å². The van der Waals surface area contributed by atoms with Gasteiger partial charge in [0.05, 0.1) is 12.7 Å². The first-order chi connectivity index (χ1) is 11.9. The molecule has 1 aromatic heterocycles. The Morgan fingerprint density at radius 1 is 1.32 bits per heavy atom. The Labute approximate surface area is 154 Å². The van der Waals surface area contributed by atoms with Crippen molar-refractivity contribution in [1.82, 2.24) is 5.32 Å². The van der Waals surface area contributed by atoms with E-state index in [0.717, 1.165) is 29.7 Å². The Balaban J connectivity index is 1.70. The van der Waals surface area contributed by atoms with Crippen LogP contribution in [0.1, 0.15) is 53.6 Å². The lowest BCUT2D eigenvalue weighted by molar-refractivity contribution is 0.0949. The molecule has 0 bridgehead atoms. The summed E-state index contributed by atoms with van der Waals surface area (Å²) in [6.07, 6.45) is 3.28. The number of rotatable bonds is 4. The largest absolute Gasteiger partial charge is 0.496 e. The monoisotopic (exact) mass is 357 g/mol. The minimum Gasteiger partial charge on any atom is -0.496 e. The molecule has 0 radical (unpaired) electrons. The Morgan fingerprint density at radius 3 is 2.80 bits per heavy atom. The fraction of sp³-hybridized carbons (Fsp3) is 0.476. The molecule has 4 heteroatoms. The van der Waals surface area contributed by atoms with Gasteiger partial charge >= 0.3 is 0 Å². The van der Waals surface area contributed by atoms with E-state index in [1.54, 1.807) is 18.4 Å². The highest BCUT2D eigenvalue weighted by molar-refractivity contribution is 7.10. The van der Waals surface area contributed by atoms with Crippen molar-refractivity contribution in [3.63, 3.8) is 0 Å². The summed E-state index contributed by atoms with van der Waals surface area (Å²) >= 11 is 1.74. The maximum Gasteiger partial charge on any atom is 0.252 e. The number of amides is 1. The molecule has 25 heavy (non-hydrogen) atoms. The summed E-state index contributed by atoms with van der Waals surface area (Å²) < 4.78 is 5.35. The third-order valence-electron chi connectivity index (χ3n) is 5.26. The van der Waals surface area contributed by atoms with Crippen LogP contribution in [-0.2, 0) is 19.4 Å². The first-order valence-corrected chi connectivity index (χ1v) is 9.77. The average molecular weight is 358 g/mol. The number of fused-ring (bicyclic) bond motifs is 1. The molecule has 3 nitrogen and oxygen atoms in total. The minimum absolute atomic E-state index is 0.0256. The van der Waals surface area contributed by atoms with Crippen LogP contribution in [0.15, 0.2) is 29.6 Å². The lowest BCUT2D eigenvalue weighted by Crippen LogP contribution is -2.28. The molecule has 0 saturated carbocycles. The molecule has 134 valence electrons. The van der Waals surface area contributed by atoms with Crippen molar-refractivity contribution in [2.75, 3.05) is 7.11 Å². The Kier molecular flexibility index (Phi) is 5.19. The van der Waals surface area contributed by atoms with Gasteiger partial charge in [0.2, 0.25) is 0 Å². The third kappa shape index (κ3) is 3.90. The topological polar surface area (TPSA) is 38.3 Å². The normalized spacial score (nSPS) is 17.0. The molecule has 1 aliphatic rings. The van der Waals surface area contributed by atoms with Crippen molar-refractivity contribution in [3.05, 3.63) is 51.2 Å². The number of benzene rings is 1.